The number of benzene rings is 2. The van der Waals surface area contributed by atoms with Crippen LogP contribution in [0.3, 0.4) is 0 Å². The van der Waals surface area contributed by atoms with Gasteiger partial charge < -0.3 is 5.32 Å². The Morgan fingerprint density at radius 3 is 2.61 bits per heavy atom. The van der Waals surface area contributed by atoms with Crippen LogP contribution in [0, 0.1) is 10.1 Å². The Morgan fingerprint density at radius 1 is 1.22 bits per heavy atom. The minimum absolute atomic E-state index is 0.289. The number of halogens is 1. The van der Waals surface area contributed by atoms with Crippen molar-refractivity contribution in [1.82, 2.24) is 4.57 Å². The summed E-state index contributed by atoms with van der Waals surface area (Å²) in [6.45, 7) is 0. The summed E-state index contributed by atoms with van der Waals surface area (Å²) in [5.41, 5.74) is 0.362. The first kappa shape index (κ1) is 14.5. The van der Waals surface area contributed by atoms with Gasteiger partial charge in [-0.1, -0.05) is 18.2 Å². The van der Waals surface area contributed by atoms with E-state index in [1.54, 1.807) is 24.3 Å². The van der Waals surface area contributed by atoms with Gasteiger partial charge in [-0.3, -0.25) is 19.6 Å². The molecule has 3 rings (SSSR count). The molecule has 0 saturated heterocycles. The number of carbonyl (C=O) groups excluding carboxylic acids is 1. The van der Waals surface area contributed by atoms with Crippen molar-refractivity contribution in [2.24, 2.45) is 0 Å². The number of nitro groups is 1. The van der Waals surface area contributed by atoms with Crippen molar-refractivity contribution in [2.45, 2.75) is 0 Å². The highest BCUT2D eigenvalue weighted by Gasteiger charge is 2.20. The fourth-order valence-electron chi connectivity index (χ4n) is 2.24. The Bertz CT molecular complexity index is 892. The molecule has 0 aliphatic carbocycles. The number of nitro benzene ring substituents is 1. The molecule has 1 amide bonds. The van der Waals surface area contributed by atoms with Gasteiger partial charge in [0, 0.05) is 33.9 Å². The van der Waals surface area contributed by atoms with Gasteiger partial charge in [0.05, 0.1) is 10.4 Å². The number of hydrogen-bond donors (Lipinski definition) is 1. The Balaban J connectivity index is 2.02. The second-order valence-corrected chi connectivity index (χ2v) is 4.69. The van der Waals surface area contributed by atoms with E-state index in [4.69, 9.17) is 0 Å². The maximum absolute atomic E-state index is 12.5. The molecule has 0 aliphatic heterocycles. The van der Waals surface area contributed by atoms with Gasteiger partial charge >= 0.3 is 11.7 Å². The first-order valence-corrected chi connectivity index (χ1v) is 6.54. The third-order valence-electron chi connectivity index (χ3n) is 3.29. The normalized spacial score (nSPS) is 10.5. The lowest BCUT2D eigenvalue weighted by molar-refractivity contribution is -0.386. The molecule has 1 N–H and O–H groups in total. The maximum atomic E-state index is 12.5. The quantitative estimate of drug-likeness (QED) is 0.586. The van der Waals surface area contributed by atoms with Crippen molar-refractivity contribution in [3.8, 4) is 5.75 Å². The van der Waals surface area contributed by atoms with Gasteiger partial charge in [-0.2, -0.15) is 0 Å². The Kier molecular flexibility index (Phi) is 3.63. The van der Waals surface area contributed by atoms with E-state index in [1.165, 1.54) is 16.8 Å². The number of hydrogen-bond acceptors (Lipinski definition) is 4. The summed E-state index contributed by atoms with van der Waals surface area (Å²) in [4.78, 5) is 26.0. The number of aromatic nitrogens is 1. The van der Waals surface area contributed by atoms with Crippen molar-refractivity contribution in [2.75, 3.05) is 5.32 Å². The molecule has 8 heteroatoms. The van der Waals surface area contributed by atoms with Gasteiger partial charge in [0.15, 0.2) is 0 Å². The highest BCUT2D eigenvalue weighted by molar-refractivity contribution is 5.99. The molecule has 0 spiro atoms. The number of para-hydroxylation sites is 1. The van der Waals surface area contributed by atoms with E-state index in [9.17, 15) is 19.4 Å². The molecule has 2 aromatic carbocycles. The molecule has 3 aromatic rings. The zero-order valence-corrected chi connectivity index (χ0v) is 11.6. The van der Waals surface area contributed by atoms with E-state index in [0.29, 0.717) is 11.1 Å². The average molecular weight is 315 g/mol. The highest BCUT2D eigenvalue weighted by Crippen LogP contribution is 2.33. The molecule has 116 valence electrons. The minimum Gasteiger partial charge on any atom is -0.307 e. The molecule has 0 bridgehead atoms. The van der Waals surface area contributed by atoms with E-state index in [1.807, 2.05) is 6.07 Å². The molecule has 23 heavy (non-hydrogen) atoms. The molecule has 0 atom stereocenters. The molecule has 7 nitrogen and oxygen atoms in total. The Labute approximate surface area is 128 Å². The van der Waals surface area contributed by atoms with Crippen molar-refractivity contribution in [1.29, 1.82) is 0 Å². The fraction of sp³-hybridized carbons (Fsp3) is 0. The molecular formula is C15H10FN3O4. The molecule has 0 unspecified atom stereocenters. The van der Waals surface area contributed by atoms with Crippen LogP contribution < -0.4 is 10.3 Å². The summed E-state index contributed by atoms with van der Waals surface area (Å²) in [6.07, 6.45) is 1.44. The first-order valence-electron chi connectivity index (χ1n) is 6.54. The predicted molar refractivity (Wildman–Crippen MR) is 81.2 cm³/mol. The van der Waals surface area contributed by atoms with Crippen LogP contribution in [0.2, 0.25) is 0 Å². The van der Waals surface area contributed by atoms with Crippen molar-refractivity contribution in [3.05, 3.63) is 64.8 Å². The van der Waals surface area contributed by atoms with Crippen molar-refractivity contribution in [3.63, 3.8) is 0 Å². The lowest BCUT2D eigenvalue weighted by atomic mass is 10.2. The van der Waals surface area contributed by atoms with Gasteiger partial charge in [-0.25, -0.2) is 4.79 Å². The Hall–Kier alpha value is -3.42. The maximum Gasteiger partial charge on any atom is 0.330 e. The predicted octanol–water partition coefficient (Wildman–Crippen LogP) is 3.89. The number of fused-ring (bicyclic) bond motifs is 1. The van der Waals surface area contributed by atoms with E-state index in [-0.39, 0.29) is 5.52 Å². The number of anilines is 1. The molecular weight excluding hydrogens is 305 g/mol. The van der Waals surface area contributed by atoms with Crippen molar-refractivity contribution < 1.29 is 19.2 Å². The van der Waals surface area contributed by atoms with Gasteiger partial charge in [-0.05, 0) is 18.2 Å². The summed E-state index contributed by atoms with van der Waals surface area (Å²) in [5.74, 6) is -0.560. The van der Waals surface area contributed by atoms with Crippen LogP contribution in [0.5, 0.6) is 5.75 Å². The largest absolute Gasteiger partial charge is 0.330 e. The van der Waals surface area contributed by atoms with Crippen LogP contribution in [0.15, 0.2) is 54.7 Å². The molecule has 1 heterocycles. The van der Waals surface area contributed by atoms with Gasteiger partial charge in [-0.15, -0.1) is 0 Å². The number of nitrogens with zero attached hydrogens (tertiary/aromatic N) is 2. The van der Waals surface area contributed by atoms with Crippen molar-refractivity contribution >= 4 is 28.3 Å². The third kappa shape index (κ3) is 2.69. The minimum atomic E-state index is -0.754. The second-order valence-electron chi connectivity index (χ2n) is 4.69. The third-order valence-corrected chi connectivity index (χ3v) is 3.29. The molecule has 0 radical (unpaired) electrons. The fourth-order valence-corrected chi connectivity index (χ4v) is 2.24. The number of rotatable bonds is 3. The van der Waals surface area contributed by atoms with Crippen LogP contribution in [0.1, 0.15) is 0 Å². The summed E-state index contributed by atoms with van der Waals surface area (Å²) < 4.78 is 13.8. The SMILES string of the molecule is O=C(Nc1ccccc1)n1ccc2cc([N+](=O)[O-])c(OF)cc21. The summed E-state index contributed by atoms with van der Waals surface area (Å²) >= 11 is 0. The molecule has 0 fully saturated rings. The van der Waals surface area contributed by atoms with E-state index in [2.05, 4.69) is 10.3 Å². The molecule has 0 aliphatic rings. The summed E-state index contributed by atoms with van der Waals surface area (Å²) in [7, 11) is 0. The zero-order chi connectivity index (χ0) is 16.4. The lowest BCUT2D eigenvalue weighted by Crippen LogP contribution is -2.18. The molecule has 0 saturated carbocycles. The van der Waals surface area contributed by atoms with Crippen LogP contribution in [-0.2, 0) is 0 Å². The zero-order valence-electron chi connectivity index (χ0n) is 11.6. The Morgan fingerprint density at radius 2 is 1.96 bits per heavy atom. The highest BCUT2D eigenvalue weighted by atomic mass is 19.3. The lowest BCUT2D eigenvalue weighted by Gasteiger charge is -2.07. The number of nitrogens with one attached hydrogen (secondary N) is 1. The number of amides is 1. The summed E-state index contributed by atoms with van der Waals surface area (Å²) in [5, 5.41) is 14.0. The van der Waals surface area contributed by atoms with Gasteiger partial charge in [0.1, 0.15) is 0 Å². The first-order chi connectivity index (χ1) is 11.1. The second kappa shape index (κ2) is 5.76. The van der Waals surface area contributed by atoms with E-state index in [0.717, 1.165) is 12.1 Å². The molecule has 1 aromatic heterocycles. The van der Waals surface area contributed by atoms with Gasteiger partial charge in [0.2, 0.25) is 0 Å². The van der Waals surface area contributed by atoms with Crippen LogP contribution in [0.4, 0.5) is 20.7 Å². The average Bonchev–Trinajstić information content (AvgIpc) is 2.97. The summed E-state index contributed by atoms with van der Waals surface area (Å²) in [6, 6.07) is 12.1. The standard InChI is InChI=1S/C15H10FN3O4/c16-23-14-9-12-10(8-13(14)19(21)22)6-7-18(12)15(20)17-11-4-2-1-3-5-11/h1-9H,(H,17,20). The van der Waals surface area contributed by atoms with Crippen LogP contribution in [-0.4, -0.2) is 15.5 Å². The topological polar surface area (TPSA) is 86.4 Å². The van der Waals surface area contributed by atoms with Crippen LogP contribution in [0.25, 0.3) is 10.9 Å². The smallest absolute Gasteiger partial charge is 0.307 e. The van der Waals surface area contributed by atoms with E-state index < -0.39 is 22.4 Å². The van der Waals surface area contributed by atoms with Crippen LogP contribution >= 0.6 is 0 Å². The van der Waals surface area contributed by atoms with Gasteiger partial charge in [0.25, 0.3) is 5.75 Å². The van der Waals surface area contributed by atoms with E-state index >= 15 is 0 Å². The monoisotopic (exact) mass is 315 g/mol. The number of carbonyl (C=O) groups is 1.